The molecule has 1 aliphatic heterocycles. The highest BCUT2D eigenvalue weighted by Crippen LogP contribution is 2.34. The third-order valence-electron chi connectivity index (χ3n) is 6.12. The van der Waals surface area contributed by atoms with Crippen LogP contribution in [0.1, 0.15) is 34.5 Å². The van der Waals surface area contributed by atoms with Crippen molar-refractivity contribution in [3.05, 3.63) is 95.4 Å². The van der Waals surface area contributed by atoms with Crippen molar-refractivity contribution in [3.8, 4) is 10.6 Å². The third-order valence-corrected chi connectivity index (χ3v) is 7.01. The molecule has 0 amide bonds. The summed E-state index contributed by atoms with van der Waals surface area (Å²) in [6, 6.07) is 17.6. The van der Waals surface area contributed by atoms with Crippen molar-refractivity contribution in [2.24, 2.45) is 0 Å². The first-order valence-corrected chi connectivity index (χ1v) is 11.9. The van der Waals surface area contributed by atoms with E-state index in [1.54, 1.807) is 18.6 Å². The lowest BCUT2D eigenvalue weighted by molar-refractivity contribution is 0.0116. The lowest BCUT2D eigenvalue weighted by atomic mass is 9.84. The Labute approximate surface area is 196 Å². The van der Waals surface area contributed by atoms with E-state index in [1.165, 1.54) is 11.3 Å². The number of benzene rings is 1. The molecule has 0 saturated carbocycles. The first-order chi connectivity index (χ1) is 16.1. The molecule has 166 valence electrons. The van der Waals surface area contributed by atoms with Gasteiger partial charge in [0.25, 0.3) is 0 Å². The Bertz CT molecular complexity index is 1220. The van der Waals surface area contributed by atoms with Crippen LogP contribution in [0.3, 0.4) is 0 Å². The first kappa shape index (κ1) is 21.4. The van der Waals surface area contributed by atoms with E-state index in [4.69, 9.17) is 0 Å². The van der Waals surface area contributed by atoms with Crippen molar-refractivity contribution in [3.63, 3.8) is 0 Å². The Morgan fingerprint density at radius 1 is 1.03 bits per heavy atom. The van der Waals surface area contributed by atoms with Gasteiger partial charge in [0.05, 0.1) is 5.60 Å². The summed E-state index contributed by atoms with van der Waals surface area (Å²) in [6.45, 7) is 1.46. The number of aliphatic hydroxyl groups is 1. The Morgan fingerprint density at radius 2 is 1.79 bits per heavy atom. The summed E-state index contributed by atoms with van der Waals surface area (Å²) in [5.41, 5.74) is 2.49. The van der Waals surface area contributed by atoms with Gasteiger partial charge in [-0.05, 0) is 42.2 Å². The second-order valence-corrected chi connectivity index (χ2v) is 9.14. The van der Waals surface area contributed by atoms with Gasteiger partial charge < -0.3 is 10.0 Å². The molecule has 1 N–H and O–H groups in total. The topological polar surface area (TPSA) is 79.2 Å². The van der Waals surface area contributed by atoms with Crippen LogP contribution in [0.15, 0.2) is 78.6 Å². The largest absolute Gasteiger partial charge is 0.385 e. The molecule has 5 rings (SSSR count). The molecule has 0 spiro atoms. The molecule has 4 aromatic rings. The van der Waals surface area contributed by atoms with E-state index < -0.39 is 5.60 Å². The predicted molar refractivity (Wildman–Crippen MR) is 129 cm³/mol. The van der Waals surface area contributed by atoms with Gasteiger partial charge in [0.2, 0.25) is 0 Å². The van der Waals surface area contributed by atoms with Gasteiger partial charge in [0.1, 0.15) is 16.5 Å². The van der Waals surface area contributed by atoms with E-state index in [0.717, 1.165) is 40.6 Å². The van der Waals surface area contributed by atoms with E-state index in [9.17, 15) is 9.90 Å². The van der Waals surface area contributed by atoms with Crippen molar-refractivity contribution in [1.82, 2.24) is 15.0 Å². The van der Waals surface area contributed by atoms with Crippen LogP contribution in [0.4, 0.5) is 5.82 Å². The molecule has 33 heavy (non-hydrogen) atoms. The van der Waals surface area contributed by atoms with Crippen LogP contribution in [0.25, 0.3) is 10.6 Å². The summed E-state index contributed by atoms with van der Waals surface area (Å²) in [4.78, 5) is 28.0. The molecule has 1 saturated heterocycles. The van der Waals surface area contributed by atoms with Gasteiger partial charge in [-0.3, -0.25) is 9.78 Å². The number of piperidine rings is 1. The third kappa shape index (κ3) is 4.69. The minimum Gasteiger partial charge on any atom is -0.385 e. The van der Waals surface area contributed by atoms with Crippen LogP contribution in [0.2, 0.25) is 0 Å². The second kappa shape index (κ2) is 9.21. The molecule has 0 aliphatic carbocycles. The fourth-order valence-corrected chi connectivity index (χ4v) is 4.99. The zero-order valence-corrected chi connectivity index (χ0v) is 18.9. The fourth-order valence-electron chi connectivity index (χ4n) is 4.16. The van der Waals surface area contributed by atoms with Gasteiger partial charge in [0.15, 0.2) is 5.78 Å². The summed E-state index contributed by atoms with van der Waals surface area (Å²) >= 11 is 1.46. The summed E-state index contributed by atoms with van der Waals surface area (Å²) in [5.74, 6) is 0.849. The van der Waals surface area contributed by atoms with Crippen molar-refractivity contribution in [2.45, 2.75) is 24.9 Å². The molecule has 1 fully saturated rings. The molecule has 1 aromatic carbocycles. The van der Waals surface area contributed by atoms with Crippen LogP contribution in [-0.4, -0.2) is 38.9 Å². The van der Waals surface area contributed by atoms with Crippen molar-refractivity contribution in [1.29, 1.82) is 0 Å². The number of carbonyl (C=O) groups excluding carboxylic acids is 1. The van der Waals surface area contributed by atoms with Gasteiger partial charge >= 0.3 is 0 Å². The van der Waals surface area contributed by atoms with Gasteiger partial charge in [-0.1, -0.05) is 36.4 Å². The zero-order valence-electron chi connectivity index (χ0n) is 18.1. The van der Waals surface area contributed by atoms with E-state index in [1.807, 2.05) is 60.0 Å². The number of Topliss-reactive ketones (excluding diaryl/α,β-unsaturated/α-hetero) is 1. The Kier molecular flexibility index (Phi) is 5.98. The number of pyridine rings is 2. The normalized spacial score (nSPS) is 15.4. The monoisotopic (exact) mass is 456 g/mol. The molecular weight excluding hydrogens is 432 g/mol. The molecule has 0 atom stereocenters. The summed E-state index contributed by atoms with van der Waals surface area (Å²) in [6.07, 6.45) is 6.78. The standard InChI is InChI=1S/C26H24N4O2S/c31-23(22-18-33-25(29-22)20-8-12-27-13-9-20)16-19-6-7-24(28-17-19)30-14-10-26(32,11-15-30)21-4-2-1-3-5-21/h1-9,12-13,17-18,32H,10-11,14-16H2. The maximum atomic E-state index is 12.7. The quantitative estimate of drug-likeness (QED) is 0.430. The highest BCUT2D eigenvalue weighted by atomic mass is 32.1. The van der Waals surface area contributed by atoms with Crippen LogP contribution < -0.4 is 4.90 Å². The molecule has 3 aromatic heterocycles. The number of thiazole rings is 1. The number of nitrogens with zero attached hydrogens (tertiary/aromatic N) is 4. The second-order valence-electron chi connectivity index (χ2n) is 8.28. The molecule has 1 aliphatic rings. The number of hydrogen-bond donors (Lipinski definition) is 1. The van der Waals surface area contributed by atoms with Crippen LogP contribution >= 0.6 is 11.3 Å². The molecular formula is C26H24N4O2S. The number of hydrogen-bond acceptors (Lipinski definition) is 7. The summed E-state index contributed by atoms with van der Waals surface area (Å²) < 4.78 is 0. The van der Waals surface area contributed by atoms with Crippen LogP contribution in [0, 0.1) is 0 Å². The summed E-state index contributed by atoms with van der Waals surface area (Å²) in [7, 11) is 0. The minimum absolute atomic E-state index is 0.0213. The van der Waals surface area contributed by atoms with Gasteiger partial charge in [0, 0.05) is 49.0 Å². The Morgan fingerprint density at radius 3 is 2.48 bits per heavy atom. The molecule has 0 radical (unpaired) electrons. The number of carbonyl (C=O) groups is 1. The van der Waals surface area contributed by atoms with Crippen LogP contribution in [0.5, 0.6) is 0 Å². The van der Waals surface area contributed by atoms with Gasteiger partial charge in [-0.25, -0.2) is 9.97 Å². The highest BCUT2D eigenvalue weighted by Gasteiger charge is 2.34. The SMILES string of the molecule is O=C(Cc1ccc(N2CCC(O)(c3ccccc3)CC2)nc1)c1csc(-c2ccncc2)n1. The predicted octanol–water partition coefficient (Wildman–Crippen LogP) is 4.51. The number of ketones is 1. The zero-order chi connectivity index (χ0) is 22.7. The molecule has 4 heterocycles. The molecule has 6 nitrogen and oxygen atoms in total. The average molecular weight is 457 g/mol. The fraction of sp³-hybridized carbons (Fsp3) is 0.231. The van der Waals surface area contributed by atoms with E-state index >= 15 is 0 Å². The maximum Gasteiger partial charge on any atom is 0.186 e. The maximum absolute atomic E-state index is 12.7. The highest BCUT2D eigenvalue weighted by molar-refractivity contribution is 7.13. The average Bonchev–Trinajstić information content (AvgIpc) is 3.37. The van der Waals surface area contributed by atoms with Crippen molar-refractivity contribution >= 4 is 22.9 Å². The molecule has 7 heteroatoms. The smallest absolute Gasteiger partial charge is 0.186 e. The number of aromatic nitrogens is 3. The van der Waals surface area contributed by atoms with Crippen molar-refractivity contribution in [2.75, 3.05) is 18.0 Å². The molecule has 0 unspecified atom stereocenters. The minimum atomic E-state index is -0.785. The number of anilines is 1. The van der Waals surface area contributed by atoms with Crippen molar-refractivity contribution < 1.29 is 9.90 Å². The first-order valence-electron chi connectivity index (χ1n) is 11.0. The van der Waals surface area contributed by atoms with E-state index in [2.05, 4.69) is 19.9 Å². The molecule has 0 bridgehead atoms. The van der Waals surface area contributed by atoms with Gasteiger partial charge in [-0.15, -0.1) is 11.3 Å². The lowest BCUT2D eigenvalue weighted by Gasteiger charge is -2.39. The van der Waals surface area contributed by atoms with E-state index in [0.29, 0.717) is 18.5 Å². The van der Waals surface area contributed by atoms with E-state index in [-0.39, 0.29) is 12.2 Å². The Hall–Kier alpha value is -3.42. The summed E-state index contributed by atoms with van der Waals surface area (Å²) in [5, 5.41) is 13.7. The van der Waals surface area contributed by atoms with Crippen LogP contribution in [-0.2, 0) is 12.0 Å². The lowest BCUT2D eigenvalue weighted by Crippen LogP contribution is -2.42. The Balaban J connectivity index is 1.20. The van der Waals surface area contributed by atoms with Gasteiger partial charge in [-0.2, -0.15) is 0 Å². The number of rotatable bonds is 6.